The van der Waals surface area contributed by atoms with Crippen LogP contribution in [0.2, 0.25) is 0 Å². The molecule has 0 aliphatic heterocycles. The van der Waals surface area contributed by atoms with Gasteiger partial charge in [0.2, 0.25) is 10.2 Å². The van der Waals surface area contributed by atoms with Crippen LogP contribution >= 0.6 is 24.4 Å². The first-order valence-corrected chi connectivity index (χ1v) is 8.62. The molecule has 4 N–H and O–H groups in total. The van der Waals surface area contributed by atoms with Crippen LogP contribution in [0.1, 0.15) is 11.1 Å². The van der Waals surface area contributed by atoms with Crippen molar-refractivity contribution in [3.05, 3.63) is 67.8 Å². The quantitative estimate of drug-likeness (QED) is 0.234. The van der Waals surface area contributed by atoms with Gasteiger partial charge in [0.1, 0.15) is 11.5 Å². The van der Waals surface area contributed by atoms with Crippen molar-refractivity contribution in [2.24, 2.45) is 9.98 Å². The van der Waals surface area contributed by atoms with E-state index in [9.17, 15) is 30.4 Å². The van der Waals surface area contributed by atoms with Gasteiger partial charge in [-0.25, -0.2) is 9.98 Å². The lowest BCUT2D eigenvalue weighted by atomic mass is 10.2. The maximum absolute atomic E-state index is 10.8. The number of phenolic OH excluding ortho intramolecular Hbond substituents is 2. The van der Waals surface area contributed by atoms with Crippen LogP contribution in [0, 0.1) is 20.2 Å². The number of non-ortho nitro benzene ring substituents is 2. The molecule has 0 bridgehead atoms. The molecule has 14 heteroatoms. The van der Waals surface area contributed by atoms with Gasteiger partial charge in [0.25, 0.3) is 11.4 Å². The molecule has 12 nitrogen and oxygen atoms in total. The van der Waals surface area contributed by atoms with Gasteiger partial charge in [-0.3, -0.25) is 31.1 Å². The summed E-state index contributed by atoms with van der Waals surface area (Å²) in [7, 11) is 0. The average molecular weight is 448 g/mol. The minimum Gasteiger partial charge on any atom is -0.507 e. The molecule has 0 atom stereocenters. The molecule has 0 radical (unpaired) electrons. The van der Waals surface area contributed by atoms with E-state index in [-0.39, 0.29) is 44.2 Å². The first kappa shape index (κ1) is 22.3. The van der Waals surface area contributed by atoms with Crippen LogP contribution < -0.4 is 10.9 Å². The standard InChI is InChI=1S/C16H12N6O6S2/c23-13-3-1-11(21(25)26)5-9(13)7-17-15(29)19-20-16(30)18-8-10-6-12(22(27)28)2-4-14(10)24/h1-8,23-24H,(H,19,29)(H,20,30). The molecule has 0 spiro atoms. The minimum atomic E-state index is -0.621. The van der Waals surface area contributed by atoms with E-state index in [0.29, 0.717) is 0 Å². The Morgan fingerprint density at radius 1 is 0.833 bits per heavy atom. The van der Waals surface area contributed by atoms with Crippen molar-refractivity contribution in [2.75, 3.05) is 0 Å². The van der Waals surface area contributed by atoms with Crippen LogP contribution in [-0.2, 0) is 0 Å². The Hall–Kier alpha value is -4.04. The van der Waals surface area contributed by atoms with Crippen LogP contribution in [-0.4, -0.2) is 42.7 Å². The van der Waals surface area contributed by atoms with Gasteiger partial charge in [0, 0.05) is 47.8 Å². The number of phenols is 2. The number of nitro benzene ring substituents is 2. The minimum absolute atomic E-state index is 0.0788. The van der Waals surface area contributed by atoms with Crippen LogP contribution in [0.25, 0.3) is 0 Å². The van der Waals surface area contributed by atoms with E-state index in [1.165, 1.54) is 0 Å². The molecule has 0 unspecified atom stereocenters. The fraction of sp³-hybridized carbons (Fsp3) is 0. The molecule has 0 amide bonds. The Bertz CT molecular complexity index is 1000. The van der Waals surface area contributed by atoms with Crippen molar-refractivity contribution in [1.29, 1.82) is 0 Å². The molecule has 30 heavy (non-hydrogen) atoms. The SMILES string of the molecule is O=[N+]([O-])c1ccc(O)c(C=NC(=S)NNC(=S)N=Cc2cc([N+](=O)[O-])ccc2O)c1. The van der Waals surface area contributed by atoms with E-state index in [0.717, 1.165) is 48.8 Å². The Balaban J connectivity index is 1.96. The van der Waals surface area contributed by atoms with Gasteiger partial charge in [-0.05, 0) is 36.6 Å². The Morgan fingerprint density at radius 3 is 1.53 bits per heavy atom. The molecular weight excluding hydrogens is 436 g/mol. The topological polar surface area (TPSA) is 176 Å². The number of aromatic hydroxyl groups is 2. The summed E-state index contributed by atoms with van der Waals surface area (Å²) < 4.78 is 0. The molecular formula is C16H12N6O6S2. The monoisotopic (exact) mass is 448 g/mol. The Labute approximate surface area is 178 Å². The fourth-order valence-electron chi connectivity index (χ4n) is 1.95. The number of aliphatic imine (C=N–C) groups is 2. The first-order valence-electron chi connectivity index (χ1n) is 7.80. The zero-order chi connectivity index (χ0) is 22.3. The maximum Gasteiger partial charge on any atom is 0.270 e. The van der Waals surface area contributed by atoms with E-state index in [4.69, 9.17) is 24.4 Å². The molecule has 0 saturated heterocycles. The highest BCUT2D eigenvalue weighted by Crippen LogP contribution is 2.22. The van der Waals surface area contributed by atoms with Crippen LogP contribution in [0.3, 0.4) is 0 Å². The highest BCUT2D eigenvalue weighted by Gasteiger charge is 2.10. The summed E-state index contributed by atoms with van der Waals surface area (Å²) in [6.45, 7) is 0. The van der Waals surface area contributed by atoms with Crippen molar-refractivity contribution in [3.63, 3.8) is 0 Å². The second kappa shape index (κ2) is 9.94. The van der Waals surface area contributed by atoms with Gasteiger partial charge in [-0.2, -0.15) is 0 Å². The maximum atomic E-state index is 10.8. The summed E-state index contributed by atoms with van der Waals surface area (Å²) in [6, 6.07) is 6.83. The van der Waals surface area contributed by atoms with Crippen molar-refractivity contribution in [1.82, 2.24) is 10.9 Å². The third-order valence-corrected chi connectivity index (χ3v) is 3.78. The molecule has 0 aromatic heterocycles. The number of hydrogen-bond donors (Lipinski definition) is 4. The largest absolute Gasteiger partial charge is 0.507 e. The third-order valence-electron chi connectivity index (χ3n) is 3.36. The zero-order valence-electron chi connectivity index (χ0n) is 14.8. The Kier molecular flexibility index (Phi) is 7.38. The van der Waals surface area contributed by atoms with Crippen molar-refractivity contribution in [2.45, 2.75) is 0 Å². The molecule has 154 valence electrons. The van der Waals surface area contributed by atoms with Gasteiger partial charge in [-0.1, -0.05) is 0 Å². The van der Waals surface area contributed by atoms with Crippen molar-refractivity contribution < 1.29 is 20.1 Å². The number of nitrogens with zero attached hydrogens (tertiary/aromatic N) is 4. The van der Waals surface area contributed by atoms with E-state index >= 15 is 0 Å². The number of nitro groups is 2. The predicted molar refractivity (Wildman–Crippen MR) is 116 cm³/mol. The van der Waals surface area contributed by atoms with Gasteiger partial charge in [-0.15, -0.1) is 0 Å². The number of benzene rings is 2. The van der Waals surface area contributed by atoms with E-state index < -0.39 is 9.85 Å². The molecule has 2 aromatic carbocycles. The molecule has 0 saturated carbocycles. The number of hydrazine groups is 1. The van der Waals surface area contributed by atoms with Gasteiger partial charge < -0.3 is 10.2 Å². The lowest BCUT2D eigenvalue weighted by Crippen LogP contribution is -2.38. The second-order valence-corrected chi connectivity index (χ2v) is 6.15. The lowest BCUT2D eigenvalue weighted by molar-refractivity contribution is -0.385. The molecule has 0 aliphatic carbocycles. The molecule has 0 aliphatic rings. The summed E-state index contributed by atoms with van der Waals surface area (Å²) in [5.41, 5.74) is 4.56. The van der Waals surface area contributed by atoms with Crippen molar-refractivity contribution in [3.8, 4) is 11.5 Å². The highest BCUT2D eigenvalue weighted by molar-refractivity contribution is 7.80. The number of rotatable bonds is 4. The molecule has 2 aromatic rings. The third kappa shape index (κ3) is 6.25. The Morgan fingerprint density at radius 2 is 1.20 bits per heavy atom. The summed E-state index contributed by atoms with van der Waals surface area (Å²) in [5, 5.41) is 40.7. The highest BCUT2D eigenvalue weighted by atomic mass is 32.1. The molecule has 2 rings (SSSR count). The van der Waals surface area contributed by atoms with Crippen LogP contribution in [0.15, 0.2) is 46.4 Å². The van der Waals surface area contributed by atoms with Crippen LogP contribution in [0.4, 0.5) is 11.4 Å². The lowest BCUT2D eigenvalue weighted by Gasteiger charge is -2.05. The molecule has 0 fully saturated rings. The summed E-state index contributed by atoms with van der Waals surface area (Å²) in [4.78, 5) is 27.9. The van der Waals surface area contributed by atoms with Gasteiger partial charge in [0.05, 0.1) is 9.85 Å². The number of nitrogens with one attached hydrogen (secondary N) is 2. The van der Waals surface area contributed by atoms with E-state index in [1.54, 1.807) is 0 Å². The van der Waals surface area contributed by atoms with Crippen LogP contribution in [0.5, 0.6) is 11.5 Å². The first-order chi connectivity index (χ1) is 14.2. The summed E-state index contributed by atoms with van der Waals surface area (Å²) in [6.07, 6.45) is 2.24. The van der Waals surface area contributed by atoms with Gasteiger partial charge in [0.15, 0.2) is 0 Å². The molecule has 0 heterocycles. The second-order valence-electron chi connectivity index (χ2n) is 5.38. The predicted octanol–water partition coefficient (Wildman–Crippen LogP) is 2.12. The normalized spacial score (nSPS) is 10.8. The number of hydrogen-bond acceptors (Lipinski definition) is 8. The van der Waals surface area contributed by atoms with Crippen molar-refractivity contribution >= 4 is 58.5 Å². The fourth-order valence-corrected chi connectivity index (χ4v) is 2.15. The average Bonchev–Trinajstić information content (AvgIpc) is 2.70. The number of thiocarbonyl (C=S) groups is 2. The van der Waals surface area contributed by atoms with Gasteiger partial charge >= 0.3 is 0 Å². The smallest absolute Gasteiger partial charge is 0.270 e. The zero-order valence-corrected chi connectivity index (χ0v) is 16.4. The van der Waals surface area contributed by atoms with E-state index in [1.807, 2.05) is 0 Å². The van der Waals surface area contributed by atoms with E-state index in [2.05, 4.69) is 20.8 Å². The summed E-state index contributed by atoms with van der Waals surface area (Å²) in [5.74, 6) is -0.450. The summed E-state index contributed by atoms with van der Waals surface area (Å²) >= 11 is 9.86.